The summed E-state index contributed by atoms with van der Waals surface area (Å²) in [6.07, 6.45) is 1.82. The predicted molar refractivity (Wildman–Crippen MR) is 78.5 cm³/mol. The van der Waals surface area contributed by atoms with Crippen LogP contribution >= 0.6 is 0 Å². The zero-order valence-electron chi connectivity index (χ0n) is 12.1. The normalized spacial score (nSPS) is 11.2. The van der Waals surface area contributed by atoms with Crippen molar-refractivity contribution in [3.05, 3.63) is 24.2 Å². The summed E-state index contributed by atoms with van der Waals surface area (Å²) in [5, 5.41) is 7.82. The molecule has 0 unspecified atom stereocenters. The molecule has 0 atom stereocenters. The summed E-state index contributed by atoms with van der Waals surface area (Å²) in [4.78, 5) is 9.28. The molecule has 2 heterocycles. The lowest BCUT2D eigenvalue weighted by atomic mass is 10.2. The molecule has 0 aliphatic heterocycles. The number of hydrogen-bond donors (Lipinski definition) is 1. The summed E-state index contributed by atoms with van der Waals surface area (Å²) in [5.41, 5.74) is 2.86. The molecule has 0 fully saturated rings. The van der Waals surface area contributed by atoms with Crippen molar-refractivity contribution in [1.82, 2.24) is 19.7 Å². The van der Waals surface area contributed by atoms with Crippen LogP contribution < -0.4 is 5.32 Å². The number of hydrogen-bond acceptors (Lipinski definition) is 4. The van der Waals surface area contributed by atoms with Crippen molar-refractivity contribution < 1.29 is 0 Å². The molecule has 102 valence electrons. The number of nitrogens with one attached hydrogen (secondary N) is 1. The second-order valence-electron chi connectivity index (χ2n) is 4.85. The van der Waals surface area contributed by atoms with Crippen molar-refractivity contribution >= 4 is 16.9 Å². The lowest BCUT2D eigenvalue weighted by Gasteiger charge is -2.10. The van der Waals surface area contributed by atoms with Crippen molar-refractivity contribution in [2.75, 3.05) is 11.9 Å². The fourth-order valence-electron chi connectivity index (χ4n) is 2.03. The Balaban J connectivity index is 2.68. The van der Waals surface area contributed by atoms with Gasteiger partial charge in [0.25, 0.3) is 0 Å². The van der Waals surface area contributed by atoms with Gasteiger partial charge in [0.1, 0.15) is 16.9 Å². The van der Waals surface area contributed by atoms with E-state index in [-0.39, 0.29) is 5.92 Å². The Hall–Kier alpha value is -1.91. The largest absolute Gasteiger partial charge is 0.365 e. The molecule has 0 saturated carbocycles. The van der Waals surface area contributed by atoms with E-state index in [0.29, 0.717) is 6.54 Å². The van der Waals surface area contributed by atoms with Crippen molar-refractivity contribution in [2.45, 2.75) is 40.2 Å². The Morgan fingerprint density at radius 3 is 2.68 bits per heavy atom. The van der Waals surface area contributed by atoms with E-state index < -0.39 is 0 Å². The Bertz CT molecular complexity index is 597. The SMILES string of the molecule is C=CCNc1nc(C(C)C)nc2c(C)nn(CC)c12. The minimum atomic E-state index is 0.290. The zero-order chi connectivity index (χ0) is 14.0. The summed E-state index contributed by atoms with van der Waals surface area (Å²) in [5.74, 6) is 1.98. The summed E-state index contributed by atoms with van der Waals surface area (Å²) < 4.78 is 1.94. The molecule has 5 heteroatoms. The van der Waals surface area contributed by atoms with Gasteiger partial charge in [0, 0.05) is 19.0 Å². The van der Waals surface area contributed by atoms with Crippen molar-refractivity contribution in [2.24, 2.45) is 0 Å². The molecular weight excluding hydrogens is 238 g/mol. The summed E-state index contributed by atoms with van der Waals surface area (Å²) in [7, 11) is 0. The lowest BCUT2D eigenvalue weighted by Crippen LogP contribution is -2.08. The molecule has 1 N–H and O–H groups in total. The van der Waals surface area contributed by atoms with Crippen LogP contribution in [0.15, 0.2) is 12.7 Å². The number of rotatable bonds is 5. The van der Waals surface area contributed by atoms with Gasteiger partial charge in [-0.1, -0.05) is 19.9 Å². The molecule has 5 nitrogen and oxygen atoms in total. The third-order valence-corrected chi connectivity index (χ3v) is 3.00. The van der Waals surface area contributed by atoms with Crippen LogP contribution in [-0.2, 0) is 6.54 Å². The highest BCUT2D eigenvalue weighted by atomic mass is 15.3. The van der Waals surface area contributed by atoms with Crippen LogP contribution in [0.5, 0.6) is 0 Å². The zero-order valence-corrected chi connectivity index (χ0v) is 12.1. The molecule has 0 aromatic carbocycles. The van der Waals surface area contributed by atoms with Gasteiger partial charge in [0.2, 0.25) is 0 Å². The van der Waals surface area contributed by atoms with E-state index in [1.54, 1.807) is 0 Å². The van der Waals surface area contributed by atoms with Crippen molar-refractivity contribution in [1.29, 1.82) is 0 Å². The third-order valence-electron chi connectivity index (χ3n) is 3.00. The summed E-state index contributed by atoms with van der Waals surface area (Å²) in [6, 6.07) is 0. The number of anilines is 1. The standard InChI is InChI=1S/C14H21N5/c1-6-8-15-14-12-11(10(5)18-19(12)7-2)16-13(17-14)9(3)4/h6,9H,1,7-8H2,2-5H3,(H,15,16,17). The number of aryl methyl sites for hydroxylation is 2. The van der Waals surface area contributed by atoms with Crippen LogP contribution in [-0.4, -0.2) is 26.3 Å². The highest BCUT2D eigenvalue weighted by Gasteiger charge is 2.16. The fraction of sp³-hybridized carbons (Fsp3) is 0.500. The first kappa shape index (κ1) is 13.5. The molecule has 19 heavy (non-hydrogen) atoms. The van der Waals surface area contributed by atoms with Crippen molar-refractivity contribution in [3.63, 3.8) is 0 Å². The van der Waals surface area contributed by atoms with Crippen LogP contribution in [0.25, 0.3) is 11.0 Å². The quantitative estimate of drug-likeness (QED) is 0.839. The van der Waals surface area contributed by atoms with Crippen LogP contribution in [0.4, 0.5) is 5.82 Å². The van der Waals surface area contributed by atoms with Gasteiger partial charge in [-0.25, -0.2) is 9.97 Å². The molecule has 0 aliphatic carbocycles. The van der Waals surface area contributed by atoms with E-state index in [1.165, 1.54) is 0 Å². The minimum absolute atomic E-state index is 0.290. The minimum Gasteiger partial charge on any atom is -0.365 e. The van der Waals surface area contributed by atoms with E-state index in [2.05, 4.69) is 47.7 Å². The highest BCUT2D eigenvalue weighted by Crippen LogP contribution is 2.25. The van der Waals surface area contributed by atoms with E-state index in [0.717, 1.165) is 34.9 Å². The molecule has 2 aromatic heterocycles. The first-order valence-electron chi connectivity index (χ1n) is 6.68. The molecule has 0 bridgehead atoms. The van der Waals surface area contributed by atoms with E-state index in [1.807, 2.05) is 17.7 Å². The second-order valence-corrected chi connectivity index (χ2v) is 4.85. The van der Waals surface area contributed by atoms with Crippen LogP contribution in [0.1, 0.15) is 38.2 Å². The van der Waals surface area contributed by atoms with E-state index in [9.17, 15) is 0 Å². The van der Waals surface area contributed by atoms with Gasteiger partial charge in [-0.15, -0.1) is 6.58 Å². The molecule has 0 saturated heterocycles. The predicted octanol–water partition coefficient (Wildman–Crippen LogP) is 2.88. The van der Waals surface area contributed by atoms with E-state index >= 15 is 0 Å². The van der Waals surface area contributed by atoms with Gasteiger partial charge in [-0.3, -0.25) is 4.68 Å². The van der Waals surface area contributed by atoms with Gasteiger partial charge >= 0.3 is 0 Å². The van der Waals surface area contributed by atoms with Crippen LogP contribution in [0.3, 0.4) is 0 Å². The fourth-order valence-corrected chi connectivity index (χ4v) is 2.03. The average Bonchev–Trinajstić information content (AvgIpc) is 2.73. The molecular formula is C14H21N5. The van der Waals surface area contributed by atoms with Crippen molar-refractivity contribution in [3.8, 4) is 0 Å². The van der Waals surface area contributed by atoms with Crippen LogP contribution in [0, 0.1) is 6.92 Å². The maximum Gasteiger partial charge on any atom is 0.156 e. The first-order chi connectivity index (χ1) is 9.08. The van der Waals surface area contributed by atoms with Gasteiger partial charge in [0.15, 0.2) is 5.82 Å². The van der Waals surface area contributed by atoms with E-state index in [4.69, 9.17) is 0 Å². The van der Waals surface area contributed by atoms with Gasteiger partial charge in [-0.05, 0) is 13.8 Å². The Morgan fingerprint density at radius 1 is 1.37 bits per heavy atom. The first-order valence-corrected chi connectivity index (χ1v) is 6.68. The maximum atomic E-state index is 4.65. The van der Waals surface area contributed by atoms with Crippen LogP contribution in [0.2, 0.25) is 0 Å². The maximum absolute atomic E-state index is 4.65. The number of nitrogens with zero attached hydrogens (tertiary/aromatic N) is 4. The molecule has 0 spiro atoms. The summed E-state index contributed by atoms with van der Waals surface area (Å²) in [6.45, 7) is 13.5. The molecule has 0 aliphatic rings. The number of fused-ring (bicyclic) bond motifs is 1. The van der Waals surface area contributed by atoms with Gasteiger partial charge in [0.05, 0.1) is 5.69 Å². The topological polar surface area (TPSA) is 55.6 Å². The summed E-state index contributed by atoms with van der Waals surface area (Å²) >= 11 is 0. The number of aromatic nitrogens is 4. The Labute approximate surface area is 113 Å². The Morgan fingerprint density at radius 2 is 2.11 bits per heavy atom. The monoisotopic (exact) mass is 259 g/mol. The molecule has 0 radical (unpaired) electrons. The molecule has 2 rings (SSSR count). The average molecular weight is 259 g/mol. The highest BCUT2D eigenvalue weighted by molar-refractivity contribution is 5.87. The molecule has 0 amide bonds. The van der Waals surface area contributed by atoms with Gasteiger partial charge < -0.3 is 5.32 Å². The molecule has 2 aromatic rings. The third kappa shape index (κ3) is 2.45. The lowest BCUT2D eigenvalue weighted by molar-refractivity contribution is 0.675. The Kier molecular flexibility index (Phi) is 3.83. The smallest absolute Gasteiger partial charge is 0.156 e. The van der Waals surface area contributed by atoms with Gasteiger partial charge in [-0.2, -0.15) is 5.10 Å². The second kappa shape index (κ2) is 5.38.